The van der Waals surface area contributed by atoms with Crippen molar-refractivity contribution < 1.29 is 18.0 Å². The van der Waals surface area contributed by atoms with E-state index in [0.29, 0.717) is 25.2 Å². The molecule has 0 aliphatic carbocycles. The molecule has 6 heteroatoms. The van der Waals surface area contributed by atoms with Gasteiger partial charge in [0.1, 0.15) is 0 Å². The molecule has 1 aliphatic rings. The molecule has 1 aliphatic heterocycles. The first-order chi connectivity index (χ1) is 9.40. The number of halogens is 3. The van der Waals surface area contributed by atoms with E-state index in [1.54, 1.807) is 11.0 Å². The molecular formula is C14H15F3N2O. The van der Waals surface area contributed by atoms with Gasteiger partial charge in [0.15, 0.2) is 0 Å². The molecule has 1 fully saturated rings. The number of hydrogen-bond acceptors (Lipinski definition) is 2. The first-order valence-electron chi connectivity index (χ1n) is 6.21. The molecule has 0 aromatic heterocycles. The Bertz CT molecular complexity index is 507. The van der Waals surface area contributed by atoms with E-state index in [2.05, 4.69) is 11.9 Å². The van der Waals surface area contributed by atoms with Crippen LogP contribution in [0.25, 0.3) is 0 Å². The van der Waals surface area contributed by atoms with Crippen LogP contribution in [0.4, 0.5) is 13.2 Å². The van der Waals surface area contributed by atoms with Gasteiger partial charge in [0.2, 0.25) is 5.91 Å². The van der Waals surface area contributed by atoms with Crippen LogP contribution in [0.15, 0.2) is 36.9 Å². The number of carbonyl (C=O) groups excluding carboxylic acids is 1. The number of carbonyl (C=O) groups is 1. The van der Waals surface area contributed by atoms with E-state index in [-0.39, 0.29) is 11.9 Å². The lowest BCUT2D eigenvalue weighted by Gasteiger charge is -2.39. The second-order valence-electron chi connectivity index (χ2n) is 4.72. The van der Waals surface area contributed by atoms with Gasteiger partial charge in [0.05, 0.1) is 5.56 Å². The van der Waals surface area contributed by atoms with Crippen LogP contribution in [0.2, 0.25) is 0 Å². The van der Waals surface area contributed by atoms with Crippen molar-refractivity contribution in [2.45, 2.75) is 18.8 Å². The van der Waals surface area contributed by atoms with Gasteiger partial charge < -0.3 is 10.2 Å². The van der Waals surface area contributed by atoms with E-state index in [0.717, 1.165) is 12.1 Å². The summed E-state index contributed by atoms with van der Waals surface area (Å²) in [6.07, 6.45) is -3.07. The number of benzene rings is 1. The Labute approximate surface area is 115 Å². The molecule has 1 amide bonds. The zero-order chi connectivity index (χ0) is 14.8. The lowest BCUT2D eigenvalue weighted by atomic mass is 10.1. The summed E-state index contributed by atoms with van der Waals surface area (Å²) in [6, 6.07) is 5.35. The molecule has 108 valence electrons. The molecule has 0 saturated carbocycles. The van der Waals surface area contributed by atoms with Gasteiger partial charge in [-0.25, -0.2) is 0 Å². The molecule has 3 nitrogen and oxygen atoms in total. The highest BCUT2D eigenvalue weighted by Gasteiger charge is 2.31. The number of likely N-dealkylation sites (tertiary alicyclic amines) is 1. The lowest BCUT2D eigenvalue weighted by molar-refractivity contribution is -0.137. The summed E-state index contributed by atoms with van der Waals surface area (Å²) in [6.45, 7) is 4.87. The second-order valence-corrected chi connectivity index (χ2v) is 4.72. The Balaban J connectivity index is 1.84. The monoisotopic (exact) mass is 284 g/mol. The smallest absolute Gasteiger partial charge is 0.336 e. The molecule has 0 radical (unpaired) electrons. The quantitative estimate of drug-likeness (QED) is 0.860. The molecule has 2 rings (SSSR count). The maximum Gasteiger partial charge on any atom is 0.416 e. The molecule has 1 aromatic rings. The second kappa shape index (κ2) is 5.66. The van der Waals surface area contributed by atoms with Gasteiger partial charge in [-0.1, -0.05) is 24.8 Å². The van der Waals surface area contributed by atoms with Crippen LogP contribution in [-0.4, -0.2) is 29.9 Å². The zero-order valence-corrected chi connectivity index (χ0v) is 10.8. The number of alkyl halides is 3. The Hall–Kier alpha value is -1.82. The van der Waals surface area contributed by atoms with E-state index in [1.807, 2.05) is 0 Å². The molecule has 1 heterocycles. The van der Waals surface area contributed by atoms with Gasteiger partial charge >= 0.3 is 6.18 Å². The third kappa shape index (κ3) is 3.39. The fourth-order valence-corrected chi connectivity index (χ4v) is 2.04. The molecule has 1 saturated heterocycles. The van der Waals surface area contributed by atoms with Gasteiger partial charge in [-0.2, -0.15) is 13.2 Å². The Morgan fingerprint density at radius 3 is 2.75 bits per heavy atom. The third-order valence-electron chi connectivity index (χ3n) is 3.22. The van der Waals surface area contributed by atoms with Crippen molar-refractivity contribution in [3.05, 3.63) is 48.0 Å². The van der Waals surface area contributed by atoms with Crippen molar-refractivity contribution in [1.82, 2.24) is 10.2 Å². The van der Waals surface area contributed by atoms with Crippen molar-refractivity contribution in [2.75, 3.05) is 13.1 Å². The van der Waals surface area contributed by atoms with Crippen LogP contribution >= 0.6 is 0 Å². The molecule has 1 aromatic carbocycles. The Kier molecular flexibility index (Phi) is 4.13. The number of hydrogen-bond donors (Lipinski definition) is 1. The van der Waals surface area contributed by atoms with E-state index < -0.39 is 11.7 Å². The SMILES string of the molecule is C=CC(=O)N1CC(NCc2cccc(C(F)(F)F)c2)C1. The van der Waals surface area contributed by atoms with Crippen molar-refractivity contribution in [3.8, 4) is 0 Å². The Morgan fingerprint density at radius 1 is 1.45 bits per heavy atom. The summed E-state index contributed by atoms with van der Waals surface area (Å²) in [5.41, 5.74) is -0.0674. The first-order valence-corrected chi connectivity index (χ1v) is 6.21. The minimum absolute atomic E-state index is 0.119. The fourth-order valence-electron chi connectivity index (χ4n) is 2.04. The van der Waals surface area contributed by atoms with Crippen LogP contribution < -0.4 is 5.32 Å². The van der Waals surface area contributed by atoms with E-state index in [9.17, 15) is 18.0 Å². The van der Waals surface area contributed by atoms with E-state index in [1.165, 1.54) is 12.1 Å². The maximum atomic E-state index is 12.5. The average molecular weight is 284 g/mol. The lowest BCUT2D eigenvalue weighted by Crippen LogP contribution is -2.59. The minimum atomic E-state index is -4.32. The fraction of sp³-hybridized carbons (Fsp3) is 0.357. The first kappa shape index (κ1) is 14.6. The molecule has 0 spiro atoms. The van der Waals surface area contributed by atoms with Crippen LogP contribution in [0.1, 0.15) is 11.1 Å². The summed E-state index contributed by atoms with van der Waals surface area (Å²) < 4.78 is 37.6. The van der Waals surface area contributed by atoms with Gasteiger partial charge in [0.25, 0.3) is 0 Å². The molecular weight excluding hydrogens is 269 g/mol. The predicted molar refractivity (Wildman–Crippen MR) is 68.8 cm³/mol. The topological polar surface area (TPSA) is 32.3 Å². The van der Waals surface area contributed by atoms with Crippen molar-refractivity contribution in [2.24, 2.45) is 0 Å². The van der Waals surface area contributed by atoms with Gasteiger partial charge in [-0.05, 0) is 17.7 Å². The van der Waals surface area contributed by atoms with Crippen molar-refractivity contribution >= 4 is 5.91 Å². The molecule has 0 unspecified atom stereocenters. The van der Waals surface area contributed by atoms with E-state index in [4.69, 9.17) is 0 Å². The Morgan fingerprint density at radius 2 is 2.15 bits per heavy atom. The largest absolute Gasteiger partial charge is 0.416 e. The van der Waals surface area contributed by atoms with Gasteiger partial charge in [-0.15, -0.1) is 0 Å². The molecule has 0 atom stereocenters. The number of amides is 1. The minimum Gasteiger partial charge on any atom is -0.336 e. The highest BCUT2D eigenvalue weighted by Crippen LogP contribution is 2.29. The molecule has 20 heavy (non-hydrogen) atoms. The maximum absolute atomic E-state index is 12.5. The molecule has 1 N–H and O–H groups in total. The highest BCUT2D eigenvalue weighted by molar-refractivity contribution is 5.87. The van der Waals surface area contributed by atoms with E-state index >= 15 is 0 Å². The molecule has 0 bridgehead atoms. The summed E-state index contributed by atoms with van der Waals surface area (Å²) >= 11 is 0. The number of nitrogens with zero attached hydrogens (tertiary/aromatic N) is 1. The number of nitrogens with one attached hydrogen (secondary N) is 1. The summed E-state index contributed by atoms with van der Waals surface area (Å²) in [7, 11) is 0. The van der Waals surface area contributed by atoms with Crippen molar-refractivity contribution in [3.63, 3.8) is 0 Å². The standard InChI is InChI=1S/C14H15F3N2O/c1-2-13(20)19-8-12(9-19)18-7-10-4-3-5-11(6-10)14(15,16)17/h2-6,12,18H,1,7-9H2. The summed E-state index contributed by atoms with van der Waals surface area (Å²) in [4.78, 5) is 12.8. The number of rotatable bonds is 4. The zero-order valence-electron chi connectivity index (χ0n) is 10.8. The predicted octanol–water partition coefficient (Wildman–Crippen LogP) is 2.19. The van der Waals surface area contributed by atoms with Crippen molar-refractivity contribution in [1.29, 1.82) is 0 Å². The summed E-state index contributed by atoms with van der Waals surface area (Å²) in [5.74, 6) is -0.123. The third-order valence-corrected chi connectivity index (χ3v) is 3.22. The van der Waals surface area contributed by atoms with Crippen LogP contribution in [-0.2, 0) is 17.5 Å². The van der Waals surface area contributed by atoms with Crippen LogP contribution in [0, 0.1) is 0 Å². The normalized spacial score (nSPS) is 15.8. The van der Waals surface area contributed by atoms with Crippen LogP contribution in [0.3, 0.4) is 0 Å². The van der Waals surface area contributed by atoms with Crippen LogP contribution in [0.5, 0.6) is 0 Å². The summed E-state index contributed by atoms with van der Waals surface area (Å²) in [5, 5.41) is 3.13. The average Bonchev–Trinajstić information content (AvgIpc) is 2.36. The highest BCUT2D eigenvalue weighted by atomic mass is 19.4. The van der Waals surface area contributed by atoms with Gasteiger partial charge in [0, 0.05) is 25.7 Å². The van der Waals surface area contributed by atoms with Gasteiger partial charge in [-0.3, -0.25) is 4.79 Å².